The van der Waals surface area contributed by atoms with Gasteiger partial charge in [-0.3, -0.25) is 4.79 Å². The van der Waals surface area contributed by atoms with Gasteiger partial charge < -0.3 is 5.32 Å². The average Bonchev–Trinajstić information content (AvgIpc) is 2.49. The highest BCUT2D eigenvalue weighted by molar-refractivity contribution is 6.30. The lowest BCUT2D eigenvalue weighted by atomic mass is 9.87. The minimum Gasteiger partial charge on any atom is -0.326 e. The Bertz CT molecular complexity index is 694. The molecule has 24 heavy (non-hydrogen) atoms. The summed E-state index contributed by atoms with van der Waals surface area (Å²) in [5, 5.41) is 3.25. The summed E-state index contributed by atoms with van der Waals surface area (Å²) in [5.74, 6) is -0.683. The van der Waals surface area contributed by atoms with Crippen molar-refractivity contribution < 1.29 is 18.0 Å². The molecule has 0 aliphatic rings. The normalized spacial score (nSPS) is 13.0. The maximum atomic E-state index is 12.6. The third-order valence-corrected chi connectivity index (χ3v) is 3.91. The van der Waals surface area contributed by atoms with Crippen LogP contribution in [-0.4, -0.2) is 5.91 Å². The minimum absolute atomic E-state index is 0.0145. The summed E-state index contributed by atoms with van der Waals surface area (Å²) in [6, 6.07) is 11.4. The Balaban J connectivity index is 2.18. The number of hydrogen-bond acceptors (Lipinski definition) is 1. The highest BCUT2D eigenvalue weighted by Crippen LogP contribution is 2.31. The van der Waals surface area contributed by atoms with Gasteiger partial charge in [-0.15, -0.1) is 0 Å². The first kappa shape index (κ1) is 18.3. The number of carbonyl (C=O) groups excluding carboxylic acids is 1. The van der Waals surface area contributed by atoms with E-state index in [4.69, 9.17) is 11.6 Å². The van der Waals surface area contributed by atoms with Crippen molar-refractivity contribution >= 4 is 23.2 Å². The second-order valence-corrected chi connectivity index (χ2v) is 6.27. The van der Waals surface area contributed by atoms with Crippen molar-refractivity contribution in [1.29, 1.82) is 0 Å². The van der Waals surface area contributed by atoms with Crippen LogP contribution in [0.1, 0.15) is 30.9 Å². The molecule has 2 aromatic carbocycles. The third-order valence-electron chi connectivity index (χ3n) is 3.66. The van der Waals surface area contributed by atoms with Gasteiger partial charge in [0.1, 0.15) is 0 Å². The fourth-order valence-corrected chi connectivity index (χ4v) is 2.60. The molecule has 0 spiro atoms. The van der Waals surface area contributed by atoms with Crippen molar-refractivity contribution in [2.24, 2.45) is 5.92 Å². The molecule has 0 unspecified atom stereocenters. The Morgan fingerprint density at radius 1 is 1.00 bits per heavy atom. The van der Waals surface area contributed by atoms with E-state index in [1.807, 2.05) is 13.8 Å². The highest BCUT2D eigenvalue weighted by Gasteiger charge is 2.30. The fourth-order valence-electron chi connectivity index (χ4n) is 2.47. The Morgan fingerprint density at radius 3 is 2.00 bits per heavy atom. The van der Waals surface area contributed by atoms with E-state index >= 15 is 0 Å². The van der Waals surface area contributed by atoms with Crippen LogP contribution in [0.15, 0.2) is 48.5 Å². The molecule has 0 bridgehead atoms. The number of alkyl halides is 3. The summed E-state index contributed by atoms with van der Waals surface area (Å²) in [5.41, 5.74) is 0.380. The predicted molar refractivity (Wildman–Crippen MR) is 89.1 cm³/mol. The largest absolute Gasteiger partial charge is 0.416 e. The third kappa shape index (κ3) is 4.51. The zero-order chi connectivity index (χ0) is 17.9. The molecule has 2 rings (SSSR count). The van der Waals surface area contributed by atoms with Gasteiger partial charge in [-0.1, -0.05) is 37.6 Å². The summed E-state index contributed by atoms with van der Waals surface area (Å²) in [7, 11) is 0. The molecule has 0 aliphatic heterocycles. The van der Waals surface area contributed by atoms with Crippen molar-refractivity contribution in [3.05, 3.63) is 64.7 Å². The van der Waals surface area contributed by atoms with Gasteiger partial charge in [-0.25, -0.2) is 0 Å². The molecule has 6 heteroatoms. The minimum atomic E-state index is -4.40. The number of hydrogen-bond donors (Lipinski definition) is 1. The summed E-state index contributed by atoms with van der Waals surface area (Å²) < 4.78 is 37.7. The molecule has 2 aromatic rings. The molecule has 2 nitrogen and oxygen atoms in total. The first-order valence-electron chi connectivity index (χ1n) is 7.42. The number of halogens is 4. The van der Waals surface area contributed by atoms with E-state index in [1.165, 1.54) is 12.1 Å². The van der Waals surface area contributed by atoms with Gasteiger partial charge in [0.2, 0.25) is 5.91 Å². The summed E-state index contributed by atoms with van der Waals surface area (Å²) in [6.07, 6.45) is -4.40. The molecule has 1 atom stereocenters. The van der Waals surface area contributed by atoms with Crippen molar-refractivity contribution in [3.63, 3.8) is 0 Å². The Kier molecular flexibility index (Phi) is 5.54. The van der Waals surface area contributed by atoms with E-state index in [0.29, 0.717) is 10.7 Å². The van der Waals surface area contributed by atoms with Gasteiger partial charge in [0.25, 0.3) is 0 Å². The summed E-state index contributed by atoms with van der Waals surface area (Å²) in [4.78, 5) is 12.6. The molecule has 0 aromatic heterocycles. The van der Waals surface area contributed by atoms with Crippen LogP contribution in [0, 0.1) is 5.92 Å². The number of nitrogens with one attached hydrogen (secondary N) is 1. The van der Waals surface area contributed by atoms with Crippen molar-refractivity contribution in [2.45, 2.75) is 25.9 Å². The van der Waals surface area contributed by atoms with E-state index in [2.05, 4.69) is 5.32 Å². The topological polar surface area (TPSA) is 29.1 Å². The van der Waals surface area contributed by atoms with E-state index in [1.54, 1.807) is 24.3 Å². The van der Waals surface area contributed by atoms with Crippen LogP contribution >= 0.6 is 11.6 Å². The van der Waals surface area contributed by atoms with Crippen LogP contribution in [0.5, 0.6) is 0 Å². The Hall–Kier alpha value is -2.01. The van der Waals surface area contributed by atoms with Gasteiger partial charge >= 0.3 is 6.18 Å². The predicted octanol–water partition coefficient (Wildman–Crippen LogP) is 5.74. The zero-order valence-electron chi connectivity index (χ0n) is 13.2. The molecule has 0 fully saturated rings. The van der Waals surface area contributed by atoms with Crippen molar-refractivity contribution in [3.8, 4) is 0 Å². The van der Waals surface area contributed by atoms with Crippen molar-refractivity contribution in [2.75, 3.05) is 5.32 Å². The summed E-state index contributed by atoms with van der Waals surface area (Å²) in [6.45, 7) is 3.82. The first-order chi connectivity index (χ1) is 11.2. The van der Waals surface area contributed by atoms with Crippen LogP contribution in [-0.2, 0) is 11.0 Å². The lowest BCUT2D eigenvalue weighted by Gasteiger charge is -2.21. The molecular weight excluding hydrogens is 339 g/mol. The quantitative estimate of drug-likeness (QED) is 0.744. The van der Waals surface area contributed by atoms with Gasteiger partial charge in [-0.05, 0) is 47.9 Å². The molecule has 1 N–H and O–H groups in total. The maximum Gasteiger partial charge on any atom is 0.416 e. The zero-order valence-corrected chi connectivity index (χ0v) is 13.9. The van der Waals surface area contributed by atoms with Crippen molar-refractivity contribution in [1.82, 2.24) is 0 Å². The second-order valence-electron chi connectivity index (χ2n) is 5.84. The molecule has 1 amide bonds. The Labute approximate surface area is 143 Å². The second kappa shape index (κ2) is 7.26. The van der Waals surface area contributed by atoms with Crippen LogP contribution in [0.25, 0.3) is 0 Å². The lowest BCUT2D eigenvalue weighted by molar-refractivity contribution is -0.137. The van der Waals surface area contributed by atoms with Crippen LogP contribution < -0.4 is 5.32 Å². The molecular formula is C18H17ClF3NO. The molecule has 0 saturated heterocycles. The highest BCUT2D eigenvalue weighted by atomic mass is 35.5. The van der Waals surface area contributed by atoms with Gasteiger partial charge in [0.15, 0.2) is 0 Å². The standard InChI is InChI=1S/C18H17ClF3NO/c1-11(2)16(12-3-7-14(19)8-4-12)17(24)23-15-9-5-13(6-10-15)18(20,21)22/h3-11,16H,1-2H3,(H,23,24)/t16-/m1/s1. The number of rotatable bonds is 4. The van der Waals surface area contributed by atoms with E-state index < -0.39 is 17.7 Å². The van der Waals surface area contributed by atoms with E-state index in [0.717, 1.165) is 17.7 Å². The molecule has 0 heterocycles. The monoisotopic (exact) mass is 355 g/mol. The van der Waals surface area contributed by atoms with E-state index in [9.17, 15) is 18.0 Å². The average molecular weight is 356 g/mol. The fraction of sp³-hybridized carbons (Fsp3) is 0.278. The number of amides is 1. The van der Waals surface area contributed by atoms with Gasteiger partial charge in [0.05, 0.1) is 11.5 Å². The SMILES string of the molecule is CC(C)[C@@H](C(=O)Nc1ccc(C(F)(F)F)cc1)c1ccc(Cl)cc1. The molecule has 0 aliphatic carbocycles. The molecule has 0 saturated carbocycles. The van der Waals surface area contributed by atoms with Gasteiger partial charge in [-0.2, -0.15) is 13.2 Å². The number of anilines is 1. The lowest BCUT2D eigenvalue weighted by Crippen LogP contribution is -2.25. The molecule has 0 radical (unpaired) electrons. The van der Waals surface area contributed by atoms with Crippen LogP contribution in [0.2, 0.25) is 5.02 Å². The first-order valence-corrected chi connectivity index (χ1v) is 7.80. The maximum absolute atomic E-state index is 12.6. The molecule has 128 valence electrons. The van der Waals surface area contributed by atoms with E-state index in [-0.39, 0.29) is 11.8 Å². The smallest absolute Gasteiger partial charge is 0.326 e. The van der Waals surface area contributed by atoms with Gasteiger partial charge in [0, 0.05) is 10.7 Å². The number of carbonyl (C=O) groups is 1. The Morgan fingerprint density at radius 2 is 1.54 bits per heavy atom. The van der Waals surface area contributed by atoms with Crippen LogP contribution in [0.3, 0.4) is 0 Å². The number of benzene rings is 2. The summed E-state index contributed by atoms with van der Waals surface area (Å²) >= 11 is 5.86. The van der Waals surface area contributed by atoms with Crippen LogP contribution in [0.4, 0.5) is 18.9 Å².